The van der Waals surface area contributed by atoms with Crippen molar-refractivity contribution < 1.29 is 8.83 Å². The molecule has 2 aromatic heterocycles. The summed E-state index contributed by atoms with van der Waals surface area (Å²) < 4.78 is 13.4. The summed E-state index contributed by atoms with van der Waals surface area (Å²) in [4.78, 5) is 2.42. The molecule has 276 valence electrons. The van der Waals surface area contributed by atoms with Gasteiger partial charge in [0.2, 0.25) is 0 Å². The van der Waals surface area contributed by atoms with Gasteiger partial charge in [-0.25, -0.2) is 0 Å². The second kappa shape index (κ2) is 12.0. The molecule has 0 fully saturated rings. The number of anilines is 3. The number of furan rings is 2. The molecule has 0 N–H and O–H groups in total. The first-order chi connectivity index (χ1) is 26.8. The minimum Gasteiger partial charge on any atom is -0.456 e. The molecule has 0 aliphatic heterocycles. The Morgan fingerprint density at radius 2 is 1.21 bits per heavy atom. The summed E-state index contributed by atoms with van der Waals surface area (Å²) in [6.07, 6.45) is 0. The van der Waals surface area contributed by atoms with Crippen LogP contribution in [-0.2, 0) is 16.2 Å². The minimum atomic E-state index is -0.290. The van der Waals surface area contributed by atoms with Crippen LogP contribution in [0.3, 0.4) is 0 Å². The number of fused-ring (bicyclic) bond motifs is 10. The summed E-state index contributed by atoms with van der Waals surface area (Å²) in [5.74, 6) is 0. The predicted octanol–water partition coefficient (Wildman–Crippen LogP) is 15.5. The molecule has 10 rings (SSSR count). The van der Waals surface area contributed by atoms with Crippen LogP contribution >= 0.6 is 0 Å². The molecule has 0 atom stereocenters. The Morgan fingerprint density at radius 3 is 1.96 bits per heavy atom. The van der Waals surface area contributed by atoms with E-state index in [1.807, 2.05) is 12.1 Å². The van der Waals surface area contributed by atoms with Gasteiger partial charge in [-0.05, 0) is 92.7 Å². The fourth-order valence-corrected chi connectivity index (χ4v) is 9.20. The van der Waals surface area contributed by atoms with Crippen LogP contribution in [0.4, 0.5) is 17.1 Å². The minimum absolute atomic E-state index is 0.0150. The molecule has 0 saturated carbocycles. The lowest BCUT2D eigenvalue weighted by Gasteiger charge is -2.29. The van der Waals surface area contributed by atoms with Gasteiger partial charge in [0.25, 0.3) is 0 Å². The molecule has 7 aromatic carbocycles. The highest BCUT2D eigenvalue weighted by molar-refractivity contribution is 6.13. The van der Waals surface area contributed by atoms with E-state index in [9.17, 15) is 0 Å². The van der Waals surface area contributed by atoms with Crippen LogP contribution in [0.2, 0.25) is 0 Å². The third-order valence-corrected chi connectivity index (χ3v) is 12.1. The molecule has 3 heteroatoms. The normalized spacial score (nSPS) is 13.9. The largest absolute Gasteiger partial charge is 0.456 e. The molecule has 1 aliphatic carbocycles. The molecule has 0 unspecified atom stereocenters. The summed E-state index contributed by atoms with van der Waals surface area (Å²) in [7, 11) is 0. The number of hydrogen-bond acceptors (Lipinski definition) is 3. The monoisotopic (exact) mass is 729 g/mol. The lowest BCUT2D eigenvalue weighted by Crippen LogP contribution is -2.17. The SMILES string of the molecule is CC(C)(C)c1cc(C(C)(C)C)c2oc3ccc4c(c3c2c1)C(C)(C)c1cccc(N(c2ccc(-c3ccccc3)cc2)c2ccc3c(c2)oc2ccccc23)c1-4. The number of nitrogens with zero attached hydrogens (tertiary/aromatic N) is 1. The summed E-state index contributed by atoms with van der Waals surface area (Å²) in [6, 6.07) is 50.6. The highest BCUT2D eigenvalue weighted by Gasteiger charge is 2.41. The first kappa shape index (κ1) is 34.4. The van der Waals surface area contributed by atoms with Crippen molar-refractivity contribution in [2.75, 3.05) is 4.90 Å². The molecule has 56 heavy (non-hydrogen) atoms. The number of rotatable bonds is 4. The maximum atomic E-state index is 6.90. The van der Waals surface area contributed by atoms with Crippen LogP contribution in [0.1, 0.15) is 77.6 Å². The second-order valence-corrected chi connectivity index (χ2v) is 18.2. The standard InChI is InChI=1S/C53H47NO2/c1-51(2,3)34-29-40-48-45(56-50(40)42(30-34)52(4,5)6)28-27-39-47-41(53(7,8)49(39)48)18-14-19-43(47)54(35-23-21-33(22-24-35)32-15-10-9-11-16-32)36-25-26-38-37-17-12-13-20-44(37)55-46(38)31-36/h9-31H,1-8H3. The van der Waals surface area contributed by atoms with Gasteiger partial charge in [-0.3, -0.25) is 0 Å². The molecule has 1 aliphatic rings. The van der Waals surface area contributed by atoms with E-state index in [4.69, 9.17) is 8.83 Å². The Bertz CT molecular complexity index is 3000. The van der Waals surface area contributed by atoms with E-state index in [2.05, 4.69) is 188 Å². The smallest absolute Gasteiger partial charge is 0.139 e. The van der Waals surface area contributed by atoms with E-state index >= 15 is 0 Å². The molecular weight excluding hydrogens is 683 g/mol. The van der Waals surface area contributed by atoms with Crippen LogP contribution < -0.4 is 4.90 Å². The van der Waals surface area contributed by atoms with Gasteiger partial charge in [0.1, 0.15) is 22.3 Å². The van der Waals surface area contributed by atoms with Crippen molar-refractivity contribution >= 4 is 60.9 Å². The van der Waals surface area contributed by atoms with Crippen molar-refractivity contribution in [3.63, 3.8) is 0 Å². The van der Waals surface area contributed by atoms with Crippen molar-refractivity contribution in [3.8, 4) is 22.3 Å². The zero-order valence-corrected chi connectivity index (χ0v) is 33.5. The third-order valence-electron chi connectivity index (χ3n) is 12.1. The van der Waals surface area contributed by atoms with Gasteiger partial charge < -0.3 is 13.7 Å². The van der Waals surface area contributed by atoms with Crippen molar-refractivity contribution in [1.29, 1.82) is 0 Å². The zero-order chi connectivity index (χ0) is 38.7. The Morgan fingerprint density at radius 1 is 0.518 bits per heavy atom. The summed E-state index contributed by atoms with van der Waals surface area (Å²) >= 11 is 0. The summed E-state index contributed by atoms with van der Waals surface area (Å²) in [6.45, 7) is 18.6. The van der Waals surface area contributed by atoms with Gasteiger partial charge in [-0.15, -0.1) is 0 Å². The van der Waals surface area contributed by atoms with Crippen LogP contribution in [0.5, 0.6) is 0 Å². The van der Waals surface area contributed by atoms with Crippen LogP contribution in [0.25, 0.3) is 66.1 Å². The number of hydrogen-bond donors (Lipinski definition) is 0. The van der Waals surface area contributed by atoms with E-state index in [0.29, 0.717) is 0 Å². The van der Waals surface area contributed by atoms with Crippen LogP contribution in [-0.4, -0.2) is 0 Å². The zero-order valence-electron chi connectivity index (χ0n) is 33.5. The molecule has 3 nitrogen and oxygen atoms in total. The van der Waals surface area contributed by atoms with Gasteiger partial charge in [-0.2, -0.15) is 0 Å². The van der Waals surface area contributed by atoms with Gasteiger partial charge in [-0.1, -0.05) is 140 Å². The Kier molecular flexibility index (Phi) is 7.36. The molecule has 9 aromatic rings. The third kappa shape index (κ3) is 5.17. The Labute approximate surface area is 329 Å². The Hall–Kier alpha value is -6.06. The first-order valence-corrected chi connectivity index (χ1v) is 19.8. The van der Waals surface area contributed by atoms with Crippen molar-refractivity contribution in [2.24, 2.45) is 0 Å². The van der Waals surface area contributed by atoms with E-state index < -0.39 is 0 Å². The van der Waals surface area contributed by atoms with Crippen molar-refractivity contribution in [1.82, 2.24) is 0 Å². The molecule has 0 saturated heterocycles. The summed E-state index contributed by atoms with van der Waals surface area (Å²) in [5, 5.41) is 4.68. The highest BCUT2D eigenvalue weighted by atomic mass is 16.3. The lowest BCUT2D eigenvalue weighted by atomic mass is 9.77. The molecule has 0 spiro atoms. The molecule has 0 bridgehead atoms. The highest BCUT2D eigenvalue weighted by Crippen LogP contribution is 2.58. The lowest BCUT2D eigenvalue weighted by molar-refractivity contribution is 0.559. The average molecular weight is 730 g/mol. The van der Waals surface area contributed by atoms with Gasteiger partial charge in [0, 0.05) is 55.5 Å². The number of benzene rings is 7. The van der Waals surface area contributed by atoms with Crippen molar-refractivity contribution in [2.45, 2.75) is 71.6 Å². The average Bonchev–Trinajstić information content (AvgIpc) is 3.82. The van der Waals surface area contributed by atoms with Gasteiger partial charge >= 0.3 is 0 Å². The number of para-hydroxylation sites is 1. The maximum absolute atomic E-state index is 6.90. The van der Waals surface area contributed by atoms with Gasteiger partial charge in [0.15, 0.2) is 0 Å². The topological polar surface area (TPSA) is 29.5 Å². The van der Waals surface area contributed by atoms with E-state index in [-0.39, 0.29) is 16.2 Å². The van der Waals surface area contributed by atoms with Crippen molar-refractivity contribution in [3.05, 3.63) is 162 Å². The first-order valence-electron chi connectivity index (χ1n) is 19.8. The summed E-state index contributed by atoms with van der Waals surface area (Å²) in [5.41, 5.74) is 16.7. The van der Waals surface area contributed by atoms with Crippen LogP contribution in [0.15, 0.2) is 148 Å². The maximum Gasteiger partial charge on any atom is 0.139 e. The molecular formula is C53H47NO2. The van der Waals surface area contributed by atoms with E-state index in [0.717, 1.165) is 50.2 Å². The fraction of sp³-hybridized carbons (Fsp3) is 0.208. The molecule has 2 heterocycles. The Balaban J connectivity index is 1.24. The van der Waals surface area contributed by atoms with Gasteiger partial charge in [0.05, 0.1) is 5.69 Å². The van der Waals surface area contributed by atoms with E-state index in [1.54, 1.807) is 0 Å². The molecule has 0 radical (unpaired) electrons. The second-order valence-electron chi connectivity index (χ2n) is 18.2. The quantitative estimate of drug-likeness (QED) is 0.181. The fourth-order valence-electron chi connectivity index (χ4n) is 9.20. The van der Waals surface area contributed by atoms with E-state index in [1.165, 1.54) is 55.3 Å². The van der Waals surface area contributed by atoms with Crippen LogP contribution in [0, 0.1) is 0 Å². The molecule has 0 amide bonds. The predicted molar refractivity (Wildman–Crippen MR) is 236 cm³/mol.